The summed E-state index contributed by atoms with van der Waals surface area (Å²) in [5, 5.41) is 6.03. The lowest BCUT2D eigenvalue weighted by Crippen LogP contribution is -2.26. The van der Waals surface area contributed by atoms with Gasteiger partial charge in [0, 0.05) is 50.9 Å². The monoisotopic (exact) mass is 371 g/mol. The molecule has 2 N–H and O–H groups in total. The third-order valence-electron chi connectivity index (χ3n) is 4.28. The van der Waals surface area contributed by atoms with Crippen LogP contribution in [-0.2, 0) is 4.74 Å². The SMILES string of the molecule is CCN(CC)c1ccc(Nc2nccc(C(=O)NCCCOC)n2)c(C)c1. The van der Waals surface area contributed by atoms with Crippen LogP contribution in [0.2, 0.25) is 0 Å². The van der Waals surface area contributed by atoms with Crippen LogP contribution in [0.25, 0.3) is 0 Å². The molecule has 27 heavy (non-hydrogen) atoms. The Balaban J connectivity index is 2.06. The number of aromatic nitrogens is 2. The van der Waals surface area contributed by atoms with E-state index < -0.39 is 0 Å². The van der Waals surface area contributed by atoms with Crippen molar-refractivity contribution >= 4 is 23.2 Å². The maximum atomic E-state index is 12.2. The number of amides is 1. The minimum absolute atomic E-state index is 0.217. The van der Waals surface area contributed by atoms with Crippen molar-refractivity contribution in [2.45, 2.75) is 27.2 Å². The number of anilines is 3. The van der Waals surface area contributed by atoms with Crippen LogP contribution in [0.5, 0.6) is 0 Å². The van der Waals surface area contributed by atoms with Crippen molar-refractivity contribution in [3.8, 4) is 0 Å². The van der Waals surface area contributed by atoms with Crippen molar-refractivity contribution in [1.29, 1.82) is 0 Å². The molecule has 1 heterocycles. The van der Waals surface area contributed by atoms with Crippen LogP contribution in [0.15, 0.2) is 30.5 Å². The zero-order valence-corrected chi connectivity index (χ0v) is 16.6. The van der Waals surface area contributed by atoms with Gasteiger partial charge >= 0.3 is 0 Å². The molecule has 2 aromatic rings. The second-order valence-electron chi connectivity index (χ2n) is 6.16. The summed E-state index contributed by atoms with van der Waals surface area (Å²) in [6.07, 6.45) is 2.34. The number of nitrogens with zero attached hydrogens (tertiary/aromatic N) is 3. The largest absolute Gasteiger partial charge is 0.385 e. The van der Waals surface area contributed by atoms with Crippen LogP contribution >= 0.6 is 0 Å². The van der Waals surface area contributed by atoms with Gasteiger partial charge in [-0.15, -0.1) is 0 Å². The lowest BCUT2D eigenvalue weighted by Gasteiger charge is -2.22. The average molecular weight is 371 g/mol. The molecule has 146 valence electrons. The average Bonchev–Trinajstić information content (AvgIpc) is 2.68. The van der Waals surface area contributed by atoms with Crippen LogP contribution in [0, 0.1) is 6.92 Å². The second-order valence-corrected chi connectivity index (χ2v) is 6.16. The van der Waals surface area contributed by atoms with Gasteiger partial charge < -0.3 is 20.3 Å². The maximum Gasteiger partial charge on any atom is 0.270 e. The Kier molecular flexibility index (Phi) is 8.00. The van der Waals surface area contributed by atoms with Crippen LogP contribution in [-0.4, -0.2) is 49.2 Å². The summed E-state index contributed by atoms with van der Waals surface area (Å²) in [5.41, 5.74) is 3.54. The second kappa shape index (κ2) is 10.5. The Morgan fingerprint density at radius 1 is 1.22 bits per heavy atom. The molecule has 1 aromatic heterocycles. The minimum atomic E-state index is -0.217. The van der Waals surface area contributed by atoms with Crippen molar-refractivity contribution in [3.05, 3.63) is 41.7 Å². The Labute approximate surface area is 161 Å². The van der Waals surface area contributed by atoms with Crippen molar-refractivity contribution in [1.82, 2.24) is 15.3 Å². The van der Waals surface area contributed by atoms with E-state index in [0.717, 1.165) is 30.8 Å². The van der Waals surface area contributed by atoms with Gasteiger partial charge in [0.1, 0.15) is 5.69 Å². The predicted molar refractivity (Wildman–Crippen MR) is 109 cm³/mol. The van der Waals surface area contributed by atoms with Gasteiger partial charge in [0.05, 0.1) is 0 Å². The molecule has 0 spiro atoms. The third kappa shape index (κ3) is 5.92. The lowest BCUT2D eigenvalue weighted by atomic mass is 10.1. The van der Waals surface area contributed by atoms with Crippen molar-refractivity contribution in [2.75, 3.05) is 43.6 Å². The number of nitrogens with one attached hydrogen (secondary N) is 2. The summed E-state index contributed by atoms with van der Waals surface area (Å²) >= 11 is 0. The first-order chi connectivity index (χ1) is 13.1. The van der Waals surface area contributed by atoms with Gasteiger partial charge in [-0.05, 0) is 57.0 Å². The molecule has 0 unspecified atom stereocenters. The van der Waals surface area contributed by atoms with E-state index in [4.69, 9.17) is 4.74 Å². The van der Waals surface area contributed by atoms with E-state index in [-0.39, 0.29) is 5.91 Å². The number of aryl methyl sites for hydroxylation is 1. The van der Waals surface area contributed by atoms with Crippen molar-refractivity contribution in [3.63, 3.8) is 0 Å². The summed E-state index contributed by atoms with van der Waals surface area (Å²) < 4.78 is 4.97. The molecule has 0 radical (unpaired) electrons. The molecule has 1 amide bonds. The Bertz CT molecular complexity index is 747. The zero-order chi connectivity index (χ0) is 19.6. The maximum absolute atomic E-state index is 12.2. The molecule has 2 rings (SSSR count). The summed E-state index contributed by atoms with van der Waals surface area (Å²) in [7, 11) is 1.64. The molecular formula is C20H29N5O2. The van der Waals surface area contributed by atoms with Gasteiger partial charge in [-0.3, -0.25) is 4.79 Å². The first-order valence-corrected chi connectivity index (χ1v) is 9.31. The van der Waals surface area contributed by atoms with E-state index >= 15 is 0 Å². The van der Waals surface area contributed by atoms with Gasteiger partial charge in [0.25, 0.3) is 5.91 Å². The summed E-state index contributed by atoms with van der Waals surface area (Å²) in [6, 6.07) is 7.84. The highest BCUT2D eigenvalue weighted by Gasteiger charge is 2.10. The molecule has 0 fully saturated rings. The standard InChI is InChI=1S/C20H29N5O2/c1-5-25(6-2)16-8-9-17(15(3)14-16)23-20-22-12-10-18(24-20)19(26)21-11-7-13-27-4/h8-10,12,14H,5-7,11,13H2,1-4H3,(H,21,26)(H,22,23,24). The van der Waals surface area contributed by atoms with E-state index in [1.165, 1.54) is 5.69 Å². The van der Waals surface area contributed by atoms with E-state index in [1.807, 2.05) is 13.0 Å². The molecule has 0 aliphatic heterocycles. The number of methoxy groups -OCH3 is 1. The molecule has 0 aliphatic rings. The summed E-state index contributed by atoms with van der Waals surface area (Å²) in [4.78, 5) is 23.0. The van der Waals surface area contributed by atoms with Gasteiger partial charge in [0.2, 0.25) is 5.95 Å². The number of carbonyl (C=O) groups excluding carboxylic acids is 1. The highest BCUT2D eigenvalue weighted by Crippen LogP contribution is 2.24. The predicted octanol–water partition coefficient (Wildman–Crippen LogP) is 3.14. The number of hydrogen-bond donors (Lipinski definition) is 2. The fourth-order valence-electron chi connectivity index (χ4n) is 2.75. The fourth-order valence-corrected chi connectivity index (χ4v) is 2.75. The number of hydrogen-bond acceptors (Lipinski definition) is 6. The molecular weight excluding hydrogens is 342 g/mol. The van der Waals surface area contributed by atoms with Gasteiger partial charge in [-0.1, -0.05) is 0 Å². The Morgan fingerprint density at radius 3 is 2.67 bits per heavy atom. The van der Waals surface area contributed by atoms with E-state index in [0.29, 0.717) is 24.8 Å². The van der Waals surface area contributed by atoms with Crippen LogP contribution in [0.4, 0.5) is 17.3 Å². The topological polar surface area (TPSA) is 79.4 Å². The molecule has 0 aliphatic carbocycles. The molecule has 0 atom stereocenters. The molecule has 0 saturated carbocycles. The molecule has 7 heteroatoms. The lowest BCUT2D eigenvalue weighted by molar-refractivity contribution is 0.0943. The number of rotatable bonds is 10. The van der Waals surface area contributed by atoms with Crippen LogP contribution in [0.1, 0.15) is 36.3 Å². The highest BCUT2D eigenvalue weighted by atomic mass is 16.5. The Hall–Kier alpha value is -2.67. The quantitative estimate of drug-likeness (QED) is 0.625. The van der Waals surface area contributed by atoms with Crippen molar-refractivity contribution < 1.29 is 9.53 Å². The Morgan fingerprint density at radius 2 is 2.00 bits per heavy atom. The molecule has 1 aromatic carbocycles. The minimum Gasteiger partial charge on any atom is -0.385 e. The summed E-state index contributed by atoms with van der Waals surface area (Å²) in [6.45, 7) is 9.42. The van der Waals surface area contributed by atoms with Gasteiger partial charge in [-0.25, -0.2) is 9.97 Å². The zero-order valence-electron chi connectivity index (χ0n) is 16.6. The number of ether oxygens (including phenoxy) is 1. The van der Waals surface area contributed by atoms with E-state index in [1.54, 1.807) is 19.4 Å². The molecule has 7 nitrogen and oxygen atoms in total. The van der Waals surface area contributed by atoms with Gasteiger partial charge in [-0.2, -0.15) is 0 Å². The molecule has 0 bridgehead atoms. The van der Waals surface area contributed by atoms with Crippen LogP contribution in [0.3, 0.4) is 0 Å². The number of benzene rings is 1. The van der Waals surface area contributed by atoms with Gasteiger partial charge in [0.15, 0.2) is 0 Å². The summed E-state index contributed by atoms with van der Waals surface area (Å²) in [5.74, 6) is 0.184. The van der Waals surface area contributed by atoms with E-state index in [9.17, 15) is 4.79 Å². The first kappa shape index (κ1) is 20.6. The normalized spacial score (nSPS) is 10.5. The number of carbonyl (C=O) groups is 1. The highest BCUT2D eigenvalue weighted by molar-refractivity contribution is 5.92. The van der Waals surface area contributed by atoms with Crippen LogP contribution < -0.4 is 15.5 Å². The molecule has 0 saturated heterocycles. The van der Waals surface area contributed by atoms with E-state index in [2.05, 4.69) is 51.5 Å². The van der Waals surface area contributed by atoms with Crippen molar-refractivity contribution in [2.24, 2.45) is 0 Å². The first-order valence-electron chi connectivity index (χ1n) is 9.31. The third-order valence-corrected chi connectivity index (χ3v) is 4.28. The smallest absolute Gasteiger partial charge is 0.270 e. The fraction of sp³-hybridized carbons (Fsp3) is 0.450.